The van der Waals surface area contributed by atoms with E-state index in [1.54, 1.807) is 7.11 Å². The second-order valence-corrected chi connectivity index (χ2v) is 3.09. The molecule has 0 amide bonds. The summed E-state index contributed by atoms with van der Waals surface area (Å²) in [6.07, 6.45) is 12.0. The quantitative estimate of drug-likeness (QED) is 0.421. The van der Waals surface area contributed by atoms with Gasteiger partial charge >= 0.3 is 0 Å². The molecule has 1 atom stereocenters. The molecule has 0 N–H and O–H groups in total. The van der Waals surface area contributed by atoms with E-state index in [0.29, 0.717) is 0 Å². The van der Waals surface area contributed by atoms with Crippen LogP contribution < -0.4 is 0 Å². The van der Waals surface area contributed by atoms with Gasteiger partial charge in [0.1, 0.15) is 0 Å². The van der Waals surface area contributed by atoms with E-state index >= 15 is 0 Å². The summed E-state index contributed by atoms with van der Waals surface area (Å²) in [4.78, 5) is 0. The molecule has 0 aromatic rings. The Kier molecular flexibility index (Phi) is 4.29. The summed E-state index contributed by atoms with van der Waals surface area (Å²) in [5.41, 5.74) is 0. The van der Waals surface area contributed by atoms with Crippen LogP contribution >= 0.6 is 0 Å². The van der Waals surface area contributed by atoms with E-state index in [-0.39, 0.29) is 0 Å². The lowest BCUT2D eigenvalue weighted by molar-refractivity contribution is 0.233. The van der Waals surface area contributed by atoms with Crippen LogP contribution in [0.1, 0.15) is 25.7 Å². The molecule has 1 heteroatoms. The molecular weight excluding hydrogens is 136 g/mol. The third-order valence-electron chi connectivity index (χ3n) is 1.94. The highest BCUT2D eigenvalue weighted by atomic mass is 16.5. The minimum Gasteiger partial charge on any atom is -0.381 e. The Bertz CT molecular complexity index is 114. The molecule has 0 spiro atoms. The average molecular weight is 153 g/mol. The van der Waals surface area contributed by atoms with Crippen molar-refractivity contribution in [1.82, 2.24) is 0 Å². The van der Waals surface area contributed by atoms with E-state index in [0.717, 1.165) is 12.5 Å². The van der Waals surface area contributed by atoms with Gasteiger partial charge in [-0.1, -0.05) is 12.2 Å². The molecule has 1 aliphatic rings. The fraction of sp³-hybridized carbons (Fsp3) is 0.700. The van der Waals surface area contributed by atoms with Gasteiger partial charge in [-0.25, -0.2) is 0 Å². The molecule has 11 heavy (non-hydrogen) atoms. The van der Waals surface area contributed by atoms with Crippen LogP contribution in [0.3, 0.4) is 0 Å². The van der Waals surface area contributed by atoms with Crippen LogP contribution in [-0.2, 0) is 4.74 Å². The minimum atomic E-state index is 0.759. The molecule has 1 nitrogen and oxygen atoms in total. The monoisotopic (exact) mass is 153 g/mol. The van der Waals surface area contributed by atoms with Crippen molar-refractivity contribution in [2.24, 2.45) is 5.92 Å². The zero-order chi connectivity index (χ0) is 7.94. The number of unbranched alkanes of at least 4 members (excludes halogenated alkanes) is 1. The Labute approximate surface area is 69.4 Å². The molecular formula is C10H17O. The first-order chi connectivity index (χ1) is 5.43. The summed E-state index contributed by atoms with van der Waals surface area (Å²) in [5.74, 6) is 0.964. The molecule has 1 radical (unpaired) electrons. The summed E-state index contributed by atoms with van der Waals surface area (Å²) < 4.78 is 4.89. The first kappa shape index (κ1) is 8.79. The molecule has 0 saturated heterocycles. The average Bonchev–Trinajstić information content (AvgIpc) is 2.80. The van der Waals surface area contributed by atoms with Gasteiger partial charge in [-0.05, 0) is 38.0 Å². The summed E-state index contributed by atoms with van der Waals surface area (Å²) in [6, 6.07) is 0. The molecule has 0 heterocycles. The fourth-order valence-electron chi connectivity index (χ4n) is 1.11. The molecule has 1 saturated carbocycles. The predicted octanol–water partition coefficient (Wildman–Crippen LogP) is 2.58. The zero-order valence-electron chi connectivity index (χ0n) is 7.25. The largest absolute Gasteiger partial charge is 0.381 e. The topological polar surface area (TPSA) is 9.23 Å². The van der Waals surface area contributed by atoms with Gasteiger partial charge in [0, 0.05) is 7.11 Å². The third-order valence-corrected chi connectivity index (χ3v) is 1.94. The molecule has 1 rings (SSSR count). The van der Waals surface area contributed by atoms with Gasteiger partial charge in [-0.15, -0.1) is 0 Å². The maximum absolute atomic E-state index is 4.89. The number of ether oxygens (including phenoxy) is 1. The lowest BCUT2D eigenvalue weighted by Gasteiger charge is -1.92. The first-order valence-corrected chi connectivity index (χ1v) is 4.40. The molecule has 0 bridgehead atoms. The summed E-state index contributed by atoms with van der Waals surface area (Å²) in [6.45, 7) is 0.759. The number of methoxy groups -OCH3 is 1. The SMILES string of the molecule is COCC=CCCCC1[CH]C1. The smallest absolute Gasteiger partial charge is 0.0643 e. The maximum Gasteiger partial charge on any atom is 0.0643 e. The second kappa shape index (κ2) is 5.36. The Morgan fingerprint density at radius 2 is 2.36 bits per heavy atom. The number of hydrogen-bond donors (Lipinski definition) is 0. The van der Waals surface area contributed by atoms with E-state index in [4.69, 9.17) is 4.74 Å². The second-order valence-electron chi connectivity index (χ2n) is 3.09. The highest BCUT2D eigenvalue weighted by Crippen LogP contribution is 2.32. The highest BCUT2D eigenvalue weighted by molar-refractivity contribution is 4.94. The standard InChI is InChI=1S/C10H17O/c1-11-9-5-3-2-4-6-10-7-8-10/h3,5,7,10H,2,4,6,8-9H2,1H3. The molecule has 0 aliphatic heterocycles. The van der Waals surface area contributed by atoms with Crippen molar-refractivity contribution in [1.29, 1.82) is 0 Å². The summed E-state index contributed by atoms with van der Waals surface area (Å²) in [7, 11) is 1.73. The van der Waals surface area contributed by atoms with Crippen molar-refractivity contribution in [3.8, 4) is 0 Å². The van der Waals surface area contributed by atoms with Crippen molar-refractivity contribution < 1.29 is 4.74 Å². The molecule has 1 fully saturated rings. The van der Waals surface area contributed by atoms with Crippen LogP contribution in [0.5, 0.6) is 0 Å². The van der Waals surface area contributed by atoms with Crippen molar-refractivity contribution in [2.75, 3.05) is 13.7 Å². The zero-order valence-corrected chi connectivity index (χ0v) is 7.25. The normalized spacial score (nSPS) is 17.9. The Morgan fingerprint density at radius 3 is 3.00 bits per heavy atom. The van der Waals surface area contributed by atoms with Gasteiger partial charge in [-0.2, -0.15) is 0 Å². The molecule has 1 unspecified atom stereocenters. The Hall–Kier alpha value is -0.300. The van der Waals surface area contributed by atoms with E-state index < -0.39 is 0 Å². The van der Waals surface area contributed by atoms with Gasteiger partial charge in [0.2, 0.25) is 0 Å². The van der Waals surface area contributed by atoms with E-state index in [2.05, 4.69) is 18.6 Å². The number of hydrogen-bond acceptors (Lipinski definition) is 1. The van der Waals surface area contributed by atoms with Crippen LogP contribution in [0.25, 0.3) is 0 Å². The minimum absolute atomic E-state index is 0.759. The maximum atomic E-state index is 4.89. The van der Waals surface area contributed by atoms with Crippen LogP contribution in [0.2, 0.25) is 0 Å². The van der Waals surface area contributed by atoms with E-state index in [1.807, 2.05) is 0 Å². The van der Waals surface area contributed by atoms with Crippen molar-refractivity contribution in [3.63, 3.8) is 0 Å². The first-order valence-electron chi connectivity index (χ1n) is 4.40. The lowest BCUT2D eigenvalue weighted by atomic mass is 10.2. The van der Waals surface area contributed by atoms with Gasteiger partial charge in [0.15, 0.2) is 0 Å². The predicted molar refractivity (Wildman–Crippen MR) is 47.3 cm³/mol. The molecule has 63 valence electrons. The molecule has 0 aromatic carbocycles. The summed E-state index contributed by atoms with van der Waals surface area (Å²) >= 11 is 0. The number of rotatable bonds is 6. The van der Waals surface area contributed by atoms with Crippen LogP contribution in [-0.4, -0.2) is 13.7 Å². The summed E-state index contributed by atoms with van der Waals surface area (Å²) in [5, 5.41) is 0. The van der Waals surface area contributed by atoms with Crippen LogP contribution in [0, 0.1) is 12.3 Å². The van der Waals surface area contributed by atoms with Crippen molar-refractivity contribution >= 4 is 0 Å². The number of allylic oxidation sites excluding steroid dienone is 1. The van der Waals surface area contributed by atoms with Crippen molar-refractivity contribution in [2.45, 2.75) is 25.7 Å². The van der Waals surface area contributed by atoms with Gasteiger partial charge in [0.25, 0.3) is 0 Å². The molecule has 0 aromatic heterocycles. The van der Waals surface area contributed by atoms with Crippen molar-refractivity contribution in [3.05, 3.63) is 18.6 Å². The van der Waals surface area contributed by atoms with Gasteiger partial charge in [0.05, 0.1) is 6.61 Å². The third kappa shape index (κ3) is 5.02. The van der Waals surface area contributed by atoms with Crippen LogP contribution in [0.15, 0.2) is 12.2 Å². The van der Waals surface area contributed by atoms with Gasteiger partial charge < -0.3 is 4.74 Å². The lowest BCUT2D eigenvalue weighted by Crippen LogP contribution is -1.81. The van der Waals surface area contributed by atoms with E-state index in [9.17, 15) is 0 Å². The molecule has 1 aliphatic carbocycles. The van der Waals surface area contributed by atoms with Gasteiger partial charge in [-0.3, -0.25) is 0 Å². The fourth-order valence-corrected chi connectivity index (χ4v) is 1.11. The Balaban J connectivity index is 1.78. The van der Waals surface area contributed by atoms with Crippen LogP contribution in [0.4, 0.5) is 0 Å². The highest BCUT2D eigenvalue weighted by Gasteiger charge is 2.20. The Morgan fingerprint density at radius 1 is 1.55 bits per heavy atom. The van der Waals surface area contributed by atoms with E-state index in [1.165, 1.54) is 25.7 Å².